The molecular weight excluding hydrogens is 232 g/mol. The van der Waals surface area contributed by atoms with Crippen LogP contribution in [0.1, 0.15) is 23.7 Å². The molecule has 0 saturated carbocycles. The number of carbonyl (C=O) groups is 1. The third kappa shape index (κ3) is 4.49. The Kier molecular flexibility index (Phi) is 6.40. The number of isocyanates is 1. The Balaban J connectivity index is 2.53. The first-order chi connectivity index (χ1) is 8.79. The van der Waals surface area contributed by atoms with Gasteiger partial charge in [0.05, 0.1) is 11.3 Å². The second kappa shape index (κ2) is 8.17. The first kappa shape index (κ1) is 14.1. The van der Waals surface area contributed by atoms with Gasteiger partial charge in [-0.2, -0.15) is 4.99 Å². The van der Waals surface area contributed by atoms with Crippen molar-refractivity contribution in [1.82, 2.24) is 5.32 Å². The Labute approximate surface area is 106 Å². The fourth-order valence-electron chi connectivity index (χ4n) is 1.43. The monoisotopic (exact) mass is 248 g/mol. The molecule has 5 nitrogen and oxygen atoms in total. The Morgan fingerprint density at radius 2 is 2.22 bits per heavy atom. The first-order valence-corrected chi connectivity index (χ1v) is 5.82. The van der Waals surface area contributed by atoms with Gasteiger partial charge in [0.1, 0.15) is 0 Å². The van der Waals surface area contributed by atoms with E-state index in [9.17, 15) is 9.59 Å². The van der Waals surface area contributed by atoms with Gasteiger partial charge in [-0.1, -0.05) is 12.1 Å². The fraction of sp³-hybridized carbons (Fsp3) is 0.385. The third-order valence-electron chi connectivity index (χ3n) is 2.27. The molecule has 5 heteroatoms. The summed E-state index contributed by atoms with van der Waals surface area (Å²) in [6, 6.07) is 6.65. The van der Waals surface area contributed by atoms with Crippen LogP contribution in [0.4, 0.5) is 5.69 Å². The van der Waals surface area contributed by atoms with E-state index in [0.717, 1.165) is 6.42 Å². The molecule has 18 heavy (non-hydrogen) atoms. The van der Waals surface area contributed by atoms with Crippen LogP contribution in [-0.4, -0.2) is 31.7 Å². The number of rotatable bonds is 7. The molecule has 1 rings (SSSR count). The number of hydrogen-bond donors (Lipinski definition) is 1. The van der Waals surface area contributed by atoms with Gasteiger partial charge < -0.3 is 10.1 Å². The number of amides is 1. The van der Waals surface area contributed by atoms with Crippen molar-refractivity contribution in [2.75, 3.05) is 19.8 Å². The summed E-state index contributed by atoms with van der Waals surface area (Å²) in [5, 5.41) is 2.75. The Hall–Kier alpha value is -1.97. The molecule has 0 unspecified atom stereocenters. The molecule has 0 aromatic heterocycles. The number of para-hydroxylation sites is 1. The summed E-state index contributed by atoms with van der Waals surface area (Å²) >= 11 is 0. The van der Waals surface area contributed by atoms with Gasteiger partial charge in [-0.15, -0.1) is 0 Å². The molecule has 1 aromatic carbocycles. The molecule has 1 amide bonds. The summed E-state index contributed by atoms with van der Waals surface area (Å²) in [7, 11) is 0. The van der Waals surface area contributed by atoms with Crippen LogP contribution in [0, 0.1) is 0 Å². The smallest absolute Gasteiger partial charge is 0.253 e. The maximum absolute atomic E-state index is 11.8. The summed E-state index contributed by atoms with van der Waals surface area (Å²) in [6.45, 7) is 3.74. The number of carbonyl (C=O) groups excluding carboxylic acids is 2. The van der Waals surface area contributed by atoms with Crippen LogP contribution in [0.2, 0.25) is 0 Å². The minimum absolute atomic E-state index is 0.249. The zero-order chi connectivity index (χ0) is 13.2. The van der Waals surface area contributed by atoms with Crippen LogP contribution in [0.5, 0.6) is 0 Å². The molecular formula is C13H16N2O3. The van der Waals surface area contributed by atoms with Crippen LogP contribution in [0.3, 0.4) is 0 Å². The first-order valence-electron chi connectivity index (χ1n) is 5.82. The van der Waals surface area contributed by atoms with E-state index in [4.69, 9.17) is 4.74 Å². The van der Waals surface area contributed by atoms with Crippen LogP contribution in [0.25, 0.3) is 0 Å². The highest BCUT2D eigenvalue weighted by Crippen LogP contribution is 2.17. The van der Waals surface area contributed by atoms with E-state index in [2.05, 4.69) is 10.3 Å². The zero-order valence-electron chi connectivity index (χ0n) is 10.3. The van der Waals surface area contributed by atoms with E-state index < -0.39 is 0 Å². The highest BCUT2D eigenvalue weighted by atomic mass is 16.5. The number of nitrogens with one attached hydrogen (secondary N) is 1. The van der Waals surface area contributed by atoms with E-state index in [0.29, 0.717) is 31.0 Å². The van der Waals surface area contributed by atoms with Gasteiger partial charge in [0.15, 0.2) is 0 Å². The Morgan fingerprint density at radius 3 is 2.94 bits per heavy atom. The normalized spacial score (nSPS) is 9.61. The van der Waals surface area contributed by atoms with Gasteiger partial charge in [0.2, 0.25) is 6.08 Å². The molecule has 0 bridgehead atoms. The van der Waals surface area contributed by atoms with Crippen LogP contribution < -0.4 is 5.32 Å². The molecule has 0 radical (unpaired) electrons. The second-order valence-corrected chi connectivity index (χ2v) is 3.53. The predicted molar refractivity (Wildman–Crippen MR) is 67.7 cm³/mol. The lowest BCUT2D eigenvalue weighted by Crippen LogP contribution is -2.25. The fourth-order valence-corrected chi connectivity index (χ4v) is 1.43. The molecule has 0 atom stereocenters. The zero-order valence-corrected chi connectivity index (χ0v) is 10.3. The lowest BCUT2D eigenvalue weighted by molar-refractivity contribution is 0.0945. The minimum Gasteiger partial charge on any atom is -0.382 e. The quantitative estimate of drug-likeness (QED) is 0.454. The SMILES string of the molecule is CCOCCCNC(=O)c1ccccc1N=C=O. The number of nitrogens with zero attached hydrogens (tertiary/aromatic N) is 1. The van der Waals surface area contributed by atoms with E-state index in [1.165, 1.54) is 6.08 Å². The number of aliphatic imine (C=N–C) groups is 1. The average molecular weight is 248 g/mol. The third-order valence-corrected chi connectivity index (χ3v) is 2.27. The topological polar surface area (TPSA) is 67.8 Å². The highest BCUT2D eigenvalue weighted by Gasteiger charge is 2.09. The van der Waals surface area contributed by atoms with E-state index in [1.54, 1.807) is 24.3 Å². The van der Waals surface area contributed by atoms with Crippen molar-refractivity contribution in [2.24, 2.45) is 4.99 Å². The van der Waals surface area contributed by atoms with Crippen molar-refractivity contribution in [3.05, 3.63) is 29.8 Å². The summed E-state index contributed by atoms with van der Waals surface area (Å²) in [5.74, 6) is -0.249. The maximum atomic E-state index is 11.8. The predicted octanol–water partition coefficient (Wildman–Crippen LogP) is 1.81. The lowest BCUT2D eigenvalue weighted by Gasteiger charge is -2.06. The molecule has 96 valence electrons. The van der Waals surface area contributed by atoms with Crippen molar-refractivity contribution < 1.29 is 14.3 Å². The van der Waals surface area contributed by atoms with Crippen LogP contribution in [-0.2, 0) is 9.53 Å². The van der Waals surface area contributed by atoms with Gasteiger partial charge >= 0.3 is 0 Å². The number of ether oxygens (including phenoxy) is 1. The molecule has 0 fully saturated rings. The summed E-state index contributed by atoms with van der Waals surface area (Å²) in [4.78, 5) is 25.6. The van der Waals surface area contributed by atoms with Crippen LogP contribution >= 0.6 is 0 Å². The summed E-state index contributed by atoms with van der Waals surface area (Å²) in [6.07, 6.45) is 2.19. The average Bonchev–Trinajstić information content (AvgIpc) is 2.39. The summed E-state index contributed by atoms with van der Waals surface area (Å²) in [5.41, 5.74) is 0.701. The van der Waals surface area contributed by atoms with Crippen molar-refractivity contribution in [2.45, 2.75) is 13.3 Å². The van der Waals surface area contributed by atoms with E-state index >= 15 is 0 Å². The molecule has 0 spiro atoms. The largest absolute Gasteiger partial charge is 0.382 e. The maximum Gasteiger partial charge on any atom is 0.253 e. The van der Waals surface area contributed by atoms with Crippen molar-refractivity contribution in [3.8, 4) is 0 Å². The molecule has 0 saturated heterocycles. The van der Waals surface area contributed by atoms with Gasteiger partial charge in [-0.25, -0.2) is 4.79 Å². The van der Waals surface area contributed by atoms with Gasteiger partial charge in [0.25, 0.3) is 5.91 Å². The standard InChI is InChI=1S/C13H16N2O3/c1-2-18-9-5-8-14-13(17)11-6-3-4-7-12(11)15-10-16/h3-4,6-7H,2,5,8-9H2,1H3,(H,14,17). The van der Waals surface area contributed by atoms with Gasteiger partial charge in [0, 0.05) is 19.8 Å². The number of benzene rings is 1. The van der Waals surface area contributed by atoms with E-state index in [1.807, 2.05) is 6.92 Å². The molecule has 0 heterocycles. The van der Waals surface area contributed by atoms with E-state index in [-0.39, 0.29) is 5.91 Å². The Morgan fingerprint density at radius 1 is 1.44 bits per heavy atom. The number of hydrogen-bond acceptors (Lipinski definition) is 4. The van der Waals surface area contributed by atoms with Crippen LogP contribution in [0.15, 0.2) is 29.3 Å². The lowest BCUT2D eigenvalue weighted by atomic mass is 10.1. The van der Waals surface area contributed by atoms with Gasteiger partial charge in [-0.3, -0.25) is 4.79 Å². The summed E-state index contributed by atoms with van der Waals surface area (Å²) < 4.78 is 5.16. The molecule has 1 N–H and O–H groups in total. The highest BCUT2D eigenvalue weighted by molar-refractivity contribution is 5.99. The van der Waals surface area contributed by atoms with Gasteiger partial charge in [-0.05, 0) is 25.5 Å². The Bertz CT molecular complexity index is 440. The molecule has 0 aliphatic rings. The second-order valence-electron chi connectivity index (χ2n) is 3.53. The van der Waals surface area contributed by atoms with Crippen molar-refractivity contribution in [3.63, 3.8) is 0 Å². The molecule has 0 aliphatic heterocycles. The minimum atomic E-state index is -0.249. The van der Waals surface area contributed by atoms with Crippen molar-refractivity contribution >= 4 is 17.7 Å². The molecule has 1 aromatic rings. The van der Waals surface area contributed by atoms with Crippen molar-refractivity contribution in [1.29, 1.82) is 0 Å². The molecule has 0 aliphatic carbocycles.